The highest BCUT2D eigenvalue weighted by Gasteiger charge is 2.14. The molecule has 0 aromatic rings. The summed E-state index contributed by atoms with van der Waals surface area (Å²) in [4.78, 5) is 24.8. The number of hydrogen-bond donors (Lipinski definition) is 1. The Labute approximate surface area is 285 Å². The molecule has 0 heterocycles. The van der Waals surface area contributed by atoms with Gasteiger partial charge in [-0.05, 0) is 64.2 Å². The van der Waals surface area contributed by atoms with E-state index in [2.05, 4.69) is 45.1 Å². The quantitative estimate of drug-likeness (QED) is 0.0326. The van der Waals surface area contributed by atoms with E-state index >= 15 is 0 Å². The van der Waals surface area contributed by atoms with Crippen LogP contribution in [0.1, 0.15) is 188 Å². The van der Waals surface area contributed by atoms with Crippen LogP contribution in [-0.4, -0.2) is 36.9 Å². The first kappa shape index (κ1) is 44.1. The molecule has 1 N–H and O–H groups in total. The van der Waals surface area contributed by atoms with E-state index in [1.165, 1.54) is 108 Å². The molecule has 0 amide bonds. The molecule has 46 heavy (non-hydrogen) atoms. The lowest BCUT2D eigenvalue weighted by atomic mass is 9.99. The van der Waals surface area contributed by atoms with Crippen LogP contribution in [0.15, 0.2) is 36.0 Å². The van der Waals surface area contributed by atoms with Gasteiger partial charge in [-0.1, -0.05) is 147 Å². The van der Waals surface area contributed by atoms with Crippen LogP contribution in [0.3, 0.4) is 0 Å². The van der Waals surface area contributed by atoms with Gasteiger partial charge in [-0.3, -0.25) is 4.79 Å². The number of carbonyl (C=O) groups is 2. The summed E-state index contributed by atoms with van der Waals surface area (Å²) in [5, 5.41) is 9.75. The van der Waals surface area contributed by atoms with Crippen molar-refractivity contribution in [2.45, 2.75) is 188 Å². The van der Waals surface area contributed by atoms with Gasteiger partial charge in [0.25, 0.3) is 0 Å². The molecule has 268 valence electrons. The molecule has 0 aliphatic rings. The molecule has 0 rings (SSSR count). The molecule has 0 aromatic heterocycles. The van der Waals surface area contributed by atoms with E-state index in [9.17, 15) is 14.7 Å². The first-order valence-corrected chi connectivity index (χ1v) is 19.5. The normalized spacial score (nSPS) is 12.2. The van der Waals surface area contributed by atoms with Crippen molar-refractivity contribution in [3.05, 3.63) is 36.0 Å². The zero-order valence-corrected chi connectivity index (χ0v) is 30.6. The SMILES string of the molecule is CCCCC/C=C\C/C=C\CCCCCCCC(=O)OCC(CO)COC(=O)C=C(CCCCCCCC)CCCCCCCC. The fourth-order valence-corrected chi connectivity index (χ4v) is 5.46. The summed E-state index contributed by atoms with van der Waals surface area (Å²) >= 11 is 0. The fourth-order valence-electron chi connectivity index (χ4n) is 5.46. The van der Waals surface area contributed by atoms with Crippen molar-refractivity contribution in [3.8, 4) is 0 Å². The Balaban J connectivity index is 4.19. The van der Waals surface area contributed by atoms with E-state index < -0.39 is 5.92 Å². The van der Waals surface area contributed by atoms with Crippen molar-refractivity contribution in [1.82, 2.24) is 0 Å². The molecule has 0 saturated carbocycles. The highest BCUT2D eigenvalue weighted by Crippen LogP contribution is 2.19. The zero-order chi connectivity index (χ0) is 33.8. The minimum atomic E-state index is -0.397. The van der Waals surface area contributed by atoms with Gasteiger partial charge in [-0.15, -0.1) is 0 Å². The van der Waals surface area contributed by atoms with Crippen LogP contribution in [0.2, 0.25) is 0 Å². The molecule has 0 aliphatic carbocycles. The predicted molar refractivity (Wildman–Crippen MR) is 196 cm³/mol. The second kappa shape index (κ2) is 36.0. The third-order valence-electron chi connectivity index (χ3n) is 8.56. The van der Waals surface area contributed by atoms with Crippen molar-refractivity contribution >= 4 is 11.9 Å². The summed E-state index contributed by atoms with van der Waals surface area (Å²) in [6, 6.07) is 0. The summed E-state index contributed by atoms with van der Waals surface area (Å²) in [6.07, 6.45) is 40.5. The molecule has 0 radical (unpaired) electrons. The summed E-state index contributed by atoms with van der Waals surface area (Å²) in [7, 11) is 0. The van der Waals surface area contributed by atoms with Crippen molar-refractivity contribution in [2.75, 3.05) is 19.8 Å². The lowest BCUT2D eigenvalue weighted by molar-refractivity contribution is -0.147. The highest BCUT2D eigenvalue weighted by atomic mass is 16.5. The zero-order valence-electron chi connectivity index (χ0n) is 30.6. The van der Waals surface area contributed by atoms with E-state index in [4.69, 9.17) is 9.47 Å². The Morgan fingerprint density at radius 3 is 1.52 bits per heavy atom. The van der Waals surface area contributed by atoms with Gasteiger partial charge < -0.3 is 14.6 Å². The molecule has 0 aromatic carbocycles. The lowest BCUT2D eigenvalue weighted by Crippen LogP contribution is -2.23. The summed E-state index contributed by atoms with van der Waals surface area (Å²) in [6.45, 7) is 6.66. The van der Waals surface area contributed by atoms with Crippen LogP contribution < -0.4 is 0 Å². The van der Waals surface area contributed by atoms with Crippen molar-refractivity contribution in [1.29, 1.82) is 0 Å². The van der Waals surface area contributed by atoms with Gasteiger partial charge in [-0.2, -0.15) is 0 Å². The van der Waals surface area contributed by atoms with E-state index in [0.29, 0.717) is 6.42 Å². The van der Waals surface area contributed by atoms with E-state index in [1.54, 1.807) is 6.08 Å². The Morgan fingerprint density at radius 2 is 0.978 bits per heavy atom. The van der Waals surface area contributed by atoms with E-state index in [1.807, 2.05) is 0 Å². The summed E-state index contributed by atoms with van der Waals surface area (Å²) in [5.41, 5.74) is 1.18. The minimum Gasteiger partial charge on any atom is -0.465 e. The first-order valence-electron chi connectivity index (χ1n) is 19.5. The van der Waals surface area contributed by atoms with Gasteiger partial charge in [0.2, 0.25) is 0 Å². The molecule has 5 heteroatoms. The van der Waals surface area contributed by atoms with Crippen LogP contribution in [0.5, 0.6) is 0 Å². The maximum atomic E-state index is 12.6. The third kappa shape index (κ3) is 32.1. The smallest absolute Gasteiger partial charge is 0.330 e. The summed E-state index contributed by atoms with van der Waals surface area (Å²) in [5.74, 6) is -0.983. The average molecular weight is 647 g/mol. The van der Waals surface area contributed by atoms with E-state index in [-0.39, 0.29) is 31.8 Å². The number of allylic oxidation sites excluding steroid dienone is 5. The van der Waals surface area contributed by atoms with Gasteiger partial charge in [0.15, 0.2) is 0 Å². The molecular weight excluding hydrogens is 572 g/mol. The monoisotopic (exact) mass is 647 g/mol. The maximum absolute atomic E-state index is 12.6. The number of rotatable bonds is 34. The Hall–Kier alpha value is -1.88. The molecule has 1 unspecified atom stereocenters. The van der Waals surface area contributed by atoms with E-state index in [0.717, 1.165) is 57.8 Å². The first-order chi connectivity index (χ1) is 22.6. The largest absolute Gasteiger partial charge is 0.465 e. The van der Waals surface area contributed by atoms with Crippen LogP contribution >= 0.6 is 0 Å². The molecule has 0 saturated heterocycles. The number of esters is 2. The predicted octanol–water partition coefficient (Wildman–Crippen LogP) is 11.9. The topological polar surface area (TPSA) is 72.8 Å². The minimum absolute atomic E-state index is 0.0596. The third-order valence-corrected chi connectivity index (χ3v) is 8.56. The standard InChI is InChI=1S/C41H74O5/c1-4-7-10-13-16-17-18-19-20-21-22-23-24-27-30-33-40(43)45-36-39(35-42)37-46-41(44)34-38(31-28-25-14-11-8-5-2)32-29-26-15-12-9-6-3/h16-17,19-20,34,39,42H,4-15,18,21-33,35-37H2,1-3H3/b17-16-,20-19-. The maximum Gasteiger partial charge on any atom is 0.330 e. The molecule has 5 nitrogen and oxygen atoms in total. The van der Waals surface area contributed by atoms with Crippen molar-refractivity contribution in [3.63, 3.8) is 0 Å². The number of unbranched alkanes of at least 4 members (excludes halogenated alkanes) is 18. The average Bonchev–Trinajstić information content (AvgIpc) is 3.05. The molecule has 1 atom stereocenters. The van der Waals surface area contributed by atoms with Crippen LogP contribution in [-0.2, 0) is 19.1 Å². The van der Waals surface area contributed by atoms with Crippen LogP contribution in [0, 0.1) is 5.92 Å². The Bertz CT molecular complexity index is 751. The number of aliphatic hydroxyl groups excluding tert-OH is 1. The van der Waals surface area contributed by atoms with Gasteiger partial charge in [0.05, 0.1) is 25.7 Å². The summed E-state index contributed by atoms with van der Waals surface area (Å²) < 4.78 is 10.9. The van der Waals surface area contributed by atoms with Gasteiger partial charge in [-0.25, -0.2) is 4.79 Å². The van der Waals surface area contributed by atoms with Crippen molar-refractivity contribution in [2.24, 2.45) is 5.92 Å². The van der Waals surface area contributed by atoms with Crippen LogP contribution in [0.25, 0.3) is 0 Å². The van der Waals surface area contributed by atoms with Gasteiger partial charge in [0, 0.05) is 12.5 Å². The molecule has 0 fully saturated rings. The van der Waals surface area contributed by atoms with Gasteiger partial charge >= 0.3 is 11.9 Å². The molecule has 0 bridgehead atoms. The number of hydrogen-bond acceptors (Lipinski definition) is 5. The molecule has 0 aliphatic heterocycles. The second-order valence-electron chi connectivity index (χ2n) is 13.2. The highest BCUT2D eigenvalue weighted by molar-refractivity contribution is 5.82. The lowest BCUT2D eigenvalue weighted by Gasteiger charge is -2.15. The molecular formula is C41H74O5. The number of carbonyl (C=O) groups excluding carboxylic acids is 2. The second-order valence-corrected chi connectivity index (χ2v) is 13.2. The van der Waals surface area contributed by atoms with Gasteiger partial charge in [0.1, 0.15) is 0 Å². The Morgan fingerprint density at radius 1 is 0.543 bits per heavy atom. The Kier molecular flexibility index (Phi) is 34.5. The van der Waals surface area contributed by atoms with Crippen molar-refractivity contribution < 1.29 is 24.2 Å². The number of ether oxygens (including phenoxy) is 2. The fraction of sp³-hybridized carbons (Fsp3) is 0.805. The molecule has 0 spiro atoms. The number of aliphatic hydroxyl groups is 1. The van der Waals surface area contributed by atoms with Crippen LogP contribution in [0.4, 0.5) is 0 Å².